The van der Waals surface area contributed by atoms with Gasteiger partial charge in [0.1, 0.15) is 11.5 Å². The van der Waals surface area contributed by atoms with Crippen LogP contribution in [0.3, 0.4) is 0 Å². The molecule has 5 rings (SSSR count). The molecule has 0 aliphatic carbocycles. The monoisotopic (exact) mass is 544 g/mol. The van der Waals surface area contributed by atoms with Gasteiger partial charge < -0.3 is 15.2 Å². The molecule has 210 valence electrons. The van der Waals surface area contributed by atoms with E-state index in [4.69, 9.17) is 4.98 Å². The molecule has 10 heteroatoms. The number of H-pyrrole nitrogens is 1. The van der Waals surface area contributed by atoms with Gasteiger partial charge in [-0.25, -0.2) is 9.37 Å². The maximum Gasteiger partial charge on any atom is 0.247 e. The Morgan fingerprint density at radius 3 is 2.58 bits per heavy atom. The van der Waals surface area contributed by atoms with Crippen molar-refractivity contribution in [2.24, 2.45) is 7.05 Å². The van der Waals surface area contributed by atoms with E-state index in [1.165, 1.54) is 12.1 Å². The molecule has 0 atom stereocenters. The van der Waals surface area contributed by atoms with Crippen LogP contribution in [-0.4, -0.2) is 61.0 Å². The molecule has 0 aliphatic rings. The van der Waals surface area contributed by atoms with Crippen molar-refractivity contribution in [2.75, 3.05) is 26.0 Å². The van der Waals surface area contributed by atoms with E-state index in [-0.39, 0.29) is 2.85 Å². The first-order valence-electron chi connectivity index (χ1n) is 13.0. The largest absolute Gasteiger partial charge is 0.339 e. The predicted octanol–water partition coefficient (Wildman–Crippen LogP) is 5.74. The van der Waals surface area contributed by atoms with Crippen molar-refractivity contribution >= 4 is 22.6 Å². The summed E-state index contributed by atoms with van der Waals surface area (Å²) < 4.78 is 19.1. The Labute approximate surface area is 235 Å². The lowest BCUT2D eigenvalue weighted by Gasteiger charge is -2.13. The van der Waals surface area contributed by atoms with Crippen molar-refractivity contribution in [2.45, 2.75) is 27.3 Å². The Balaban J connectivity index is 0.00000242. The molecular weight excluding hydrogens is 507 g/mol. The lowest BCUT2D eigenvalue weighted by atomic mass is 9.93. The van der Waals surface area contributed by atoms with Gasteiger partial charge in [-0.15, -0.1) is 0 Å². The normalized spacial score (nSPS) is 11.5. The van der Waals surface area contributed by atoms with Crippen molar-refractivity contribution in [3.05, 3.63) is 72.2 Å². The zero-order valence-electron chi connectivity index (χ0n) is 23.6. The summed E-state index contributed by atoms with van der Waals surface area (Å²) in [6.07, 6.45) is 8.62. The maximum absolute atomic E-state index is 15.4. The molecule has 0 saturated carbocycles. The first kappa shape index (κ1) is 27.0. The fraction of sp³-hybridized carbons (Fsp3) is 0.267. The third kappa shape index (κ3) is 4.82. The van der Waals surface area contributed by atoms with E-state index in [2.05, 4.69) is 32.0 Å². The molecule has 0 saturated heterocycles. The highest BCUT2D eigenvalue weighted by atomic mass is 19.1. The van der Waals surface area contributed by atoms with E-state index in [1.807, 2.05) is 62.9 Å². The minimum Gasteiger partial charge on any atom is -0.339 e. The molecule has 0 aliphatic heterocycles. The van der Waals surface area contributed by atoms with Gasteiger partial charge in [-0.05, 0) is 64.2 Å². The molecular formula is C30H37FN8O. The van der Waals surface area contributed by atoms with E-state index in [0.29, 0.717) is 22.5 Å². The lowest BCUT2D eigenvalue weighted by molar-refractivity contribution is -0.111. The Hall–Kier alpha value is -4.57. The summed E-state index contributed by atoms with van der Waals surface area (Å²) in [7, 11) is 5.94. The average Bonchev–Trinajstić information content (AvgIpc) is 3.63. The van der Waals surface area contributed by atoms with Crippen molar-refractivity contribution in [1.82, 2.24) is 34.4 Å². The van der Waals surface area contributed by atoms with Gasteiger partial charge in [0, 0.05) is 73.4 Å². The fourth-order valence-corrected chi connectivity index (χ4v) is 4.90. The Kier molecular flexibility index (Phi) is 7.12. The van der Waals surface area contributed by atoms with Gasteiger partial charge >= 0.3 is 0 Å². The zero-order valence-corrected chi connectivity index (χ0v) is 23.6. The summed E-state index contributed by atoms with van der Waals surface area (Å²) in [4.78, 5) is 22.5. The van der Waals surface area contributed by atoms with Crippen LogP contribution in [0.4, 0.5) is 10.1 Å². The van der Waals surface area contributed by atoms with Gasteiger partial charge in [-0.3, -0.25) is 14.2 Å². The maximum atomic E-state index is 15.4. The number of rotatable bonds is 8. The van der Waals surface area contributed by atoms with Crippen LogP contribution in [0, 0.1) is 26.6 Å². The number of amides is 1. The first-order valence-corrected chi connectivity index (χ1v) is 13.0. The van der Waals surface area contributed by atoms with Crippen LogP contribution in [-0.2, 0) is 18.4 Å². The molecule has 4 heterocycles. The second-order valence-electron chi connectivity index (χ2n) is 10.3. The van der Waals surface area contributed by atoms with Gasteiger partial charge in [0.2, 0.25) is 5.91 Å². The molecule has 0 radical (unpaired) electrons. The van der Waals surface area contributed by atoms with Crippen molar-refractivity contribution in [1.29, 1.82) is 0 Å². The highest BCUT2D eigenvalue weighted by Gasteiger charge is 2.23. The number of nitrogens with one attached hydrogen (secondary N) is 2. The molecule has 2 N–H and O–H groups in total. The van der Waals surface area contributed by atoms with Crippen LogP contribution in [0.5, 0.6) is 0 Å². The minimum absolute atomic E-state index is 0. The molecule has 5 aromatic rings. The molecule has 9 nitrogen and oxygen atoms in total. The molecule has 0 spiro atoms. The number of pyridine rings is 1. The number of nitrogens with zero attached hydrogens (tertiary/aromatic N) is 6. The molecule has 0 fully saturated rings. The van der Waals surface area contributed by atoms with Crippen LogP contribution >= 0.6 is 0 Å². The number of carbonyl (C=O) groups is 1. The number of aromatic amines is 1. The number of fused-ring (bicyclic) bond motifs is 1. The highest BCUT2D eigenvalue weighted by Crippen LogP contribution is 2.43. The Morgan fingerprint density at radius 2 is 1.90 bits per heavy atom. The summed E-state index contributed by atoms with van der Waals surface area (Å²) in [6, 6.07) is 3.30. The van der Waals surface area contributed by atoms with Crippen LogP contribution in [0.25, 0.3) is 44.5 Å². The van der Waals surface area contributed by atoms with Crippen LogP contribution in [0.1, 0.15) is 19.7 Å². The molecule has 1 aromatic carbocycles. The molecule has 0 unspecified atom stereocenters. The predicted molar refractivity (Wildman–Crippen MR) is 161 cm³/mol. The second-order valence-corrected chi connectivity index (χ2v) is 10.3. The quantitative estimate of drug-likeness (QED) is 0.243. The van der Waals surface area contributed by atoms with E-state index < -0.39 is 11.7 Å². The lowest BCUT2D eigenvalue weighted by Crippen LogP contribution is -2.18. The van der Waals surface area contributed by atoms with Gasteiger partial charge in [0.05, 0.1) is 24.6 Å². The number of halogens is 1. The van der Waals surface area contributed by atoms with Gasteiger partial charge in [-0.1, -0.05) is 6.58 Å². The van der Waals surface area contributed by atoms with Crippen LogP contribution in [0.15, 0.2) is 49.6 Å². The van der Waals surface area contributed by atoms with Gasteiger partial charge in [-0.2, -0.15) is 10.2 Å². The minimum atomic E-state index is -0.427. The number of anilines is 1. The Bertz CT molecular complexity index is 1770. The van der Waals surface area contributed by atoms with E-state index in [1.54, 1.807) is 19.2 Å². The van der Waals surface area contributed by atoms with E-state index in [0.717, 1.165) is 57.7 Å². The van der Waals surface area contributed by atoms with E-state index >= 15 is 4.39 Å². The van der Waals surface area contributed by atoms with Gasteiger partial charge in [0.15, 0.2) is 0 Å². The summed E-state index contributed by atoms with van der Waals surface area (Å²) in [6.45, 7) is 10.8. The molecule has 40 heavy (non-hydrogen) atoms. The number of hydrogen-bond acceptors (Lipinski definition) is 5. The van der Waals surface area contributed by atoms with Gasteiger partial charge in [0.25, 0.3) is 0 Å². The third-order valence-electron chi connectivity index (χ3n) is 7.38. The first-order chi connectivity index (χ1) is 19.1. The van der Waals surface area contributed by atoms with Crippen LogP contribution < -0.4 is 5.32 Å². The smallest absolute Gasteiger partial charge is 0.247 e. The fourth-order valence-electron chi connectivity index (χ4n) is 4.90. The topological polar surface area (TPSA) is 96.7 Å². The number of benzene rings is 1. The highest BCUT2D eigenvalue weighted by molar-refractivity contribution is 6.07. The summed E-state index contributed by atoms with van der Waals surface area (Å²) in [5.41, 5.74) is 8.33. The number of aromatic nitrogens is 6. The summed E-state index contributed by atoms with van der Waals surface area (Å²) in [5, 5.41) is 12.6. The standard InChI is InChI=1S/C30H33FN8O.2H2/c1-8-26(40)35-25-12-20(11-24(31)18(25)3)28-27-17(2)22(23-15-33-38(7)19(23)4)14-32-30(27)36-29(28)21-13-34-39(16-21)10-9-37(5)6;;/h8,11-16H,1,9-10H2,2-7H3,(H,32,36)(H,35,40);2*1H. The Morgan fingerprint density at radius 1 is 1.12 bits per heavy atom. The van der Waals surface area contributed by atoms with Crippen LogP contribution in [0.2, 0.25) is 0 Å². The SMILES string of the molecule is C=CC(=O)Nc1cc(-c2c(-c3cnn(CCN(C)C)c3)[nH]c3ncc(-c4cnn(C)c4C)c(C)c23)cc(F)c1C.[HH].[HH]. The second kappa shape index (κ2) is 10.5. The van der Waals surface area contributed by atoms with Crippen molar-refractivity contribution < 1.29 is 12.0 Å². The average molecular weight is 545 g/mol. The molecule has 4 aromatic heterocycles. The summed E-state index contributed by atoms with van der Waals surface area (Å²) >= 11 is 0. The zero-order chi connectivity index (χ0) is 28.7. The van der Waals surface area contributed by atoms with Crippen molar-refractivity contribution in [3.63, 3.8) is 0 Å². The number of carbonyl (C=O) groups excluding carboxylic acids is 1. The number of likely N-dealkylation sites (N-methyl/N-ethyl adjacent to an activating group) is 1. The molecule has 0 bridgehead atoms. The number of hydrogen-bond donors (Lipinski definition) is 2. The van der Waals surface area contributed by atoms with Crippen molar-refractivity contribution in [3.8, 4) is 33.5 Å². The summed E-state index contributed by atoms with van der Waals surface area (Å²) in [5.74, 6) is -0.836. The third-order valence-corrected chi connectivity index (χ3v) is 7.38. The molecule has 1 amide bonds. The van der Waals surface area contributed by atoms with E-state index in [9.17, 15) is 4.79 Å². The number of aryl methyl sites for hydroxylation is 2.